The zero-order valence-electron chi connectivity index (χ0n) is 9.31. The summed E-state index contributed by atoms with van der Waals surface area (Å²) in [5.41, 5.74) is -1.41. The highest BCUT2D eigenvalue weighted by atomic mass is 19.4. The number of aliphatic carboxylic acids is 1. The van der Waals surface area contributed by atoms with Crippen molar-refractivity contribution in [2.45, 2.75) is 12.2 Å². The summed E-state index contributed by atoms with van der Waals surface area (Å²) in [5.74, 6) is -2.46. The lowest BCUT2D eigenvalue weighted by atomic mass is 10.2. The molecule has 0 aliphatic carbocycles. The standard InChI is InChI=1S/C10H9F3N2O4/c11-10(12,13)5-1-2-6(14-3-5)8(17)15-7(4-16)9(18)19/h1-3,7,16H,4H2,(H,15,17)(H,18,19)/t7-/m0/s1. The van der Waals surface area contributed by atoms with Crippen LogP contribution in [0.1, 0.15) is 16.1 Å². The summed E-state index contributed by atoms with van der Waals surface area (Å²) in [6.07, 6.45) is -4.11. The monoisotopic (exact) mass is 278 g/mol. The predicted molar refractivity (Wildman–Crippen MR) is 55.2 cm³/mol. The van der Waals surface area contributed by atoms with Crippen LogP contribution in [0.5, 0.6) is 0 Å². The van der Waals surface area contributed by atoms with E-state index in [0.717, 1.165) is 6.07 Å². The number of carboxylic acids is 1. The molecule has 0 fully saturated rings. The molecule has 1 heterocycles. The molecule has 3 N–H and O–H groups in total. The summed E-state index contributed by atoms with van der Waals surface area (Å²) < 4.78 is 36.7. The summed E-state index contributed by atoms with van der Waals surface area (Å²) in [7, 11) is 0. The lowest BCUT2D eigenvalue weighted by Gasteiger charge is -2.11. The Morgan fingerprint density at radius 1 is 1.37 bits per heavy atom. The van der Waals surface area contributed by atoms with Crippen molar-refractivity contribution < 1.29 is 33.0 Å². The summed E-state index contributed by atoms with van der Waals surface area (Å²) >= 11 is 0. The Bertz CT molecular complexity index is 473. The van der Waals surface area contributed by atoms with Crippen molar-refractivity contribution in [1.82, 2.24) is 10.3 Å². The third-order valence-electron chi connectivity index (χ3n) is 2.11. The third-order valence-corrected chi connectivity index (χ3v) is 2.11. The number of pyridine rings is 1. The minimum Gasteiger partial charge on any atom is -0.480 e. The Morgan fingerprint density at radius 3 is 2.37 bits per heavy atom. The van der Waals surface area contributed by atoms with Crippen LogP contribution in [0, 0.1) is 0 Å². The largest absolute Gasteiger partial charge is 0.480 e. The molecule has 1 aromatic heterocycles. The maximum absolute atomic E-state index is 12.2. The number of aliphatic hydroxyl groups excluding tert-OH is 1. The molecule has 1 aromatic rings. The van der Waals surface area contributed by atoms with Crippen molar-refractivity contribution in [1.29, 1.82) is 0 Å². The van der Waals surface area contributed by atoms with Gasteiger partial charge in [0.25, 0.3) is 5.91 Å². The molecule has 19 heavy (non-hydrogen) atoms. The molecule has 0 radical (unpaired) electrons. The Balaban J connectivity index is 2.81. The quantitative estimate of drug-likeness (QED) is 0.734. The molecule has 1 amide bonds. The maximum atomic E-state index is 12.2. The van der Waals surface area contributed by atoms with Gasteiger partial charge in [-0.15, -0.1) is 0 Å². The van der Waals surface area contributed by atoms with E-state index in [1.54, 1.807) is 0 Å². The van der Waals surface area contributed by atoms with E-state index in [0.29, 0.717) is 12.3 Å². The van der Waals surface area contributed by atoms with E-state index >= 15 is 0 Å². The first-order valence-electron chi connectivity index (χ1n) is 4.93. The number of aromatic nitrogens is 1. The first-order valence-corrected chi connectivity index (χ1v) is 4.93. The number of amides is 1. The maximum Gasteiger partial charge on any atom is 0.417 e. The van der Waals surface area contributed by atoms with Crippen molar-refractivity contribution in [2.24, 2.45) is 0 Å². The Kier molecular flexibility index (Phi) is 4.43. The molecule has 9 heteroatoms. The fraction of sp³-hybridized carbons (Fsp3) is 0.300. The molecule has 1 rings (SSSR count). The van der Waals surface area contributed by atoms with Gasteiger partial charge in [-0.05, 0) is 12.1 Å². The minimum absolute atomic E-state index is 0.382. The Morgan fingerprint density at radius 2 is 2.00 bits per heavy atom. The number of aliphatic hydroxyl groups is 1. The molecular weight excluding hydrogens is 269 g/mol. The van der Waals surface area contributed by atoms with Crippen molar-refractivity contribution in [3.8, 4) is 0 Å². The highest BCUT2D eigenvalue weighted by Crippen LogP contribution is 2.28. The number of nitrogens with one attached hydrogen (secondary N) is 1. The van der Waals surface area contributed by atoms with Gasteiger partial charge >= 0.3 is 12.1 Å². The van der Waals surface area contributed by atoms with Gasteiger partial charge in [0.1, 0.15) is 5.69 Å². The van der Waals surface area contributed by atoms with Gasteiger partial charge < -0.3 is 15.5 Å². The summed E-state index contributed by atoms with van der Waals surface area (Å²) in [6.45, 7) is -0.846. The molecule has 0 aromatic carbocycles. The highest BCUT2D eigenvalue weighted by Gasteiger charge is 2.31. The number of carbonyl (C=O) groups is 2. The smallest absolute Gasteiger partial charge is 0.417 e. The summed E-state index contributed by atoms with van der Waals surface area (Å²) in [6, 6.07) is -0.0815. The van der Waals surface area contributed by atoms with E-state index in [-0.39, 0.29) is 5.69 Å². The molecule has 0 aliphatic rings. The van der Waals surface area contributed by atoms with Crippen molar-refractivity contribution in [3.63, 3.8) is 0 Å². The number of halogens is 3. The first-order chi connectivity index (χ1) is 8.75. The number of carbonyl (C=O) groups excluding carboxylic acids is 1. The van der Waals surface area contributed by atoms with Gasteiger partial charge in [-0.25, -0.2) is 4.79 Å². The number of rotatable bonds is 4. The van der Waals surface area contributed by atoms with Crippen LogP contribution in [0.4, 0.5) is 13.2 Å². The SMILES string of the molecule is O=C(N[C@@H](CO)C(=O)O)c1ccc(C(F)(F)F)cn1. The number of alkyl halides is 3. The average Bonchev–Trinajstić information content (AvgIpc) is 2.34. The van der Waals surface area contributed by atoms with E-state index in [9.17, 15) is 22.8 Å². The number of nitrogens with zero attached hydrogens (tertiary/aromatic N) is 1. The van der Waals surface area contributed by atoms with Crippen LogP contribution in [0.2, 0.25) is 0 Å². The van der Waals surface area contributed by atoms with Crippen LogP contribution in [-0.2, 0) is 11.0 Å². The van der Waals surface area contributed by atoms with Crippen molar-refractivity contribution in [3.05, 3.63) is 29.6 Å². The van der Waals surface area contributed by atoms with Gasteiger partial charge in [-0.1, -0.05) is 0 Å². The molecule has 0 unspecified atom stereocenters. The molecule has 0 bridgehead atoms. The van der Waals surface area contributed by atoms with E-state index in [1.807, 2.05) is 5.32 Å². The molecule has 0 saturated carbocycles. The third kappa shape index (κ3) is 3.91. The summed E-state index contributed by atoms with van der Waals surface area (Å²) in [4.78, 5) is 25.3. The van der Waals surface area contributed by atoms with Gasteiger partial charge in [0.15, 0.2) is 6.04 Å². The van der Waals surface area contributed by atoms with Gasteiger partial charge in [-0.3, -0.25) is 9.78 Å². The predicted octanol–water partition coefficient (Wildman–Crippen LogP) is 0.276. The zero-order valence-corrected chi connectivity index (χ0v) is 9.31. The number of carboxylic acid groups (broad SMARTS) is 1. The molecule has 0 spiro atoms. The second-order valence-electron chi connectivity index (χ2n) is 3.48. The van der Waals surface area contributed by atoms with Crippen LogP contribution in [0.25, 0.3) is 0 Å². The van der Waals surface area contributed by atoms with Crippen LogP contribution in [0.15, 0.2) is 18.3 Å². The van der Waals surface area contributed by atoms with Crippen molar-refractivity contribution in [2.75, 3.05) is 6.61 Å². The van der Waals surface area contributed by atoms with E-state index < -0.39 is 36.3 Å². The number of hydrogen-bond donors (Lipinski definition) is 3. The molecule has 0 aliphatic heterocycles. The molecule has 6 nitrogen and oxygen atoms in total. The van der Waals surface area contributed by atoms with E-state index in [4.69, 9.17) is 10.2 Å². The first kappa shape index (κ1) is 14.9. The second kappa shape index (κ2) is 5.65. The van der Waals surface area contributed by atoms with E-state index in [1.165, 1.54) is 0 Å². The van der Waals surface area contributed by atoms with Gasteiger partial charge in [0.05, 0.1) is 12.2 Å². The fourth-order valence-corrected chi connectivity index (χ4v) is 1.11. The van der Waals surface area contributed by atoms with Crippen LogP contribution in [-0.4, -0.2) is 39.7 Å². The molecular formula is C10H9F3N2O4. The van der Waals surface area contributed by atoms with Crippen molar-refractivity contribution >= 4 is 11.9 Å². The normalized spacial score (nSPS) is 12.8. The topological polar surface area (TPSA) is 99.5 Å². The minimum atomic E-state index is -4.57. The van der Waals surface area contributed by atoms with Gasteiger partial charge in [0, 0.05) is 6.20 Å². The molecule has 0 saturated heterocycles. The number of hydrogen-bond acceptors (Lipinski definition) is 4. The zero-order chi connectivity index (χ0) is 14.6. The van der Waals surface area contributed by atoms with Gasteiger partial charge in [-0.2, -0.15) is 13.2 Å². The Labute approximate surface area is 104 Å². The Hall–Kier alpha value is -2.16. The van der Waals surface area contributed by atoms with Crippen LogP contribution < -0.4 is 5.32 Å². The van der Waals surface area contributed by atoms with E-state index in [2.05, 4.69) is 4.98 Å². The van der Waals surface area contributed by atoms with Crippen LogP contribution in [0.3, 0.4) is 0 Å². The highest BCUT2D eigenvalue weighted by molar-refractivity contribution is 5.94. The molecule has 104 valence electrons. The van der Waals surface area contributed by atoms with Crippen LogP contribution >= 0.6 is 0 Å². The second-order valence-corrected chi connectivity index (χ2v) is 3.48. The lowest BCUT2D eigenvalue weighted by molar-refractivity contribution is -0.140. The lowest BCUT2D eigenvalue weighted by Crippen LogP contribution is -2.43. The van der Waals surface area contributed by atoms with Gasteiger partial charge in [0.2, 0.25) is 0 Å². The molecule has 1 atom stereocenters. The fourth-order valence-electron chi connectivity index (χ4n) is 1.11. The summed E-state index contributed by atoms with van der Waals surface area (Å²) in [5, 5.41) is 19.2. The average molecular weight is 278 g/mol.